The highest BCUT2D eigenvalue weighted by Gasteiger charge is 2.19. The van der Waals surface area contributed by atoms with Crippen LogP contribution in [-0.2, 0) is 5.67 Å². The Morgan fingerprint density at radius 3 is 2.45 bits per heavy atom. The quantitative estimate of drug-likeness (QED) is 0.562. The Bertz CT molecular complexity index is 255. The van der Waals surface area contributed by atoms with E-state index in [-0.39, 0.29) is 0 Å². The fourth-order valence-electron chi connectivity index (χ4n) is 0.739. The van der Waals surface area contributed by atoms with E-state index in [2.05, 4.69) is 27.6 Å². The summed E-state index contributed by atoms with van der Waals surface area (Å²) in [6.45, 7) is 3.01. The van der Waals surface area contributed by atoms with Crippen molar-refractivity contribution in [1.82, 2.24) is 4.98 Å². The first-order valence-corrected chi connectivity index (χ1v) is 4.40. The summed E-state index contributed by atoms with van der Waals surface area (Å²) in [6, 6.07) is 5.35. The second kappa shape index (κ2) is 3.05. The zero-order valence-electron chi connectivity index (χ0n) is 6.44. The normalized spacial score (nSPS) is 11.6. The second-order valence-corrected chi connectivity index (χ2v) is 3.92. The lowest BCUT2D eigenvalue weighted by Gasteiger charge is -2.12. The molecule has 0 spiro atoms. The maximum Gasteiger partial charge on any atom is 0.147 e. The van der Waals surface area contributed by atoms with Crippen molar-refractivity contribution in [3.05, 3.63) is 27.6 Å². The molecule has 0 aliphatic carbocycles. The third kappa shape index (κ3) is 2.39. The van der Waals surface area contributed by atoms with E-state index >= 15 is 0 Å². The van der Waals surface area contributed by atoms with Crippen molar-refractivity contribution in [3.8, 4) is 0 Å². The van der Waals surface area contributed by atoms with Crippen molar-refractivity contribution >= 4 is 22.6 Å². The van der Waals surface area contributed by atoms with E-state index in [9.17, 15) is 4.39 Å². The zero-order chi connectivity index (χ0) is 8.48. The summed E-state index contributed by atoms with van der Waals surface area (Å²) >= 11 is 2.07. The van der Waals surface area contributed by atoms with Gasteiger partial charge in [0, 0.05) is 0 Å². The van der Waals surface area contributed by atoms with E-state index in [4.69, 9.17) is 0 Å². The molecular formula is C8H9FIN. The predicted octanol–water partition coefficient (Wildman–Crippen LogP) is 2.89. The van der Waals surface area contributed by atoms with Crippen LogP contribution in [0, 0.1) is 3.70 Å². The highest BCUT2D eigenvalue weighted by molar-refractivity contribution is 14.1. The van der Waals surface area contributed by atoms with Crippen LogP contribution in [-0.4, -0.2) is 4.98 Å². The molecule has 1 rings (SSSR count). The summed E-state index contributed by atoms with van der Waals surface area (Å²) in [5.41, 5.74) is -0.842. The lowest BCUT2D eigenvalue weighted by molar-refractivity contribution is 0.214. The van der Waals surface area contributed by atoms with Crippen LogP contribution in [0.25, 0.3) is 0 Å². The minimum atomic E-state index is -1.33. The van der Waals surface area contributed by atoms with Crippen LogP contribution >= 0.6 is 22.6 Å². The van der Waals surface area contributed by atoms with Crippen LogP contribution in [0.2, 0.25) is 0 Å². The van der Waals surface area contributed by atoms with Crippen LogP contribution in [0.15, 0.2) is 18.2 Å². The molecule has 0 aliphatic heterocycles. The third-order valence-corrected chi connectivity index (χ3v) is 1.93. The Labute approximate surface area is 79.2 Å². The number of nitrogens with zero attached hydrogens (tertiary/aromatic N) is 1. The Morgan fingerprint density at radius 1 is 1.45 bits per heavy atom. The molecule has 0 atom stereocenters. The molecule has 1 heterocycles. The summed E-state index contributed by atoms with van der Waals surface area (Å²) in [7, 11) is 0. The Kier molecular flexibility index (Phi) is 2.47. The van der Waals surface area contributed by atoms with Gasteiger partial charge in [0.05, 0.1) is 5.69 Å². The predicted molar refractivity (Wildman–Crippen MR) is 51.1 cm³/mol. The molecule has 11 heavy (non-hydrogen) atoms. The number of halogens is 2. The van der Waals surface area contributed by atoms with E-state index in [1.165, 1.54) is 13.8 Å². The lowest BCUT2D eigenvalue weighted by atomic mass is 10.1. The standard InChI is InChI=1S/C8H9FIN/c1-8(2,9)6-4-3-5-7(10)11-6/h3-5H,1-2H3. The van der Waals surface area contributed by atoms with E-state index < -0.39 is 5.67 Å². The van der Waals surface area contributed by atoms with Gasteiger partial charge in [-0.1, -0.05) is 6.07 Å². The van der Waals surface area contributed by atoms with Gasteiger partial charge in [-0.25, -0.2) is 9.37 Å². The highest BCUT2D eigenvalue weighted by Crippen LogP contribution is 2.22. The second-order valence-electron chi connectivity index (χ2n) is 2.82. The van der Waals surface area contributed by atoms with Crippen LogP contribution < -0.4 is 0 Å². The molecule has 0 N–H and O–H groups in total. The van der Waals surface area contributed by atoms with E-state index in [1.54, 1.807) is 6.07 Å². The van der Waals surface area contributed by atoms with Crippen LogP contribution in [0.3, 0.4) is 0 Å². The molecule has 3 heteroatoms. The zero-order valence-corrected chi connectivity index (χ0v) is 8.59. The number of alkyl halides is 1. The van der Waals surface area contributed by atoms with Gasteiger partial charge in [-0.3, -0.25) is 0 Å². The smallest absolute Gasteiger partial charge is 0.147 e. The number of pyridine rings is 1. The molecule has 0 bridgehead atoms. The van der Waals surface area contributed by atoms with Crippen molar-refractivity contribution < 1.29 is 4.39 Å². The molecule has 0 saturated heterocycles. The summed E-state index contributed by atoms with van der Waals surface area (Å²) < 4.78 is 14.1. The first kappa shape index (κ1) is 8.90. The van der Waals surface area contributed by atoms with Gasteiger partial charge in [-0.15, -0.1) is 0 Å². The minimum absolute atomic E-state index is 0.490. The van der Waals surface area contributed by atoms with E-state index in [1.807, 2.05) is 12.1 Å². The maximum atomic E-state index is 13.2. The topological polar surface area (TPSA) is 12.9 Å². The van der Waals surface area contributed by atoms with Gasteiger partial charge in [-0.2, -0.15) is 0 Å². The average Bonchev–Trinajstić information content (AvgIpc) is 1.86. The van der Waals surface area contributed by atoms with Crippen LogP contribution in [0.4, 0.5) is 4.39 Å². The van der Waals surface area contributed by atoms with Gasteiger partial charge in [0.25, 0.3) is 0 Å². The molecule has 0 amide bonds. The molecule has 0 saturated carbocycles. The monoisotopic (exact) mass is 265 g/mol. The third-order valence-electron chi connectivity index (χ3n) is 1.32. The van der Waals surface area contributed by atoms with E-state index in [0.717, 1.165) is 3.70 Å². The van der Waals surface area contributed by atoms with Gasteiger partial charge >= 0.3 is 0 Å². The number of rotatable bonds is 1. The molecule has 0 aliphatic rings. The van der Waals surface area contributed by atoms with Crippen molar-refractivity contribution in [2.45, 2.75) is 19.5 Å². The molecule has 0 radical (unpaired) electrons. The molecule has 0 unspecified atom stereocenters. The molecule has 1 nitrogen and oxygen atoms in total. The number of aromatic nitrogens is 1. The Balaban J connectivity index is 3.06. The van der Waals surface area contributed by atoms with Crippen molar-refractivity contribution in [1.29, 1.82) is 0 Å². The fourth-order valence-corrected chi connectivity index (χ4v) is 1.21. The molecule has 0 aromatic carbocycles. The minimum Gasteiger partial charge on any atom is -0.244 e. The lowest BCUT2D eigenvalue weighted by Crippen LogP contribution is -2.11. The number of hydrogen-bond donors (Lipinski definition) is 0. The van der Waals surface area contributed by atoms with Gasteiger partial charge < -0.3 is 0 Å². The van der Waals surface area contributed by atoms with Gasteiger partial charge in [0.1, 0.15) is 9.37 Å². The van der Waals surface area contributed by atoms with Gasteiger partial charge in [0.15, 0.2) is 0 Å². The first-order chi connectivity index (χ1) is 5.00. The van der Waals surface area contributed by atoms with Crippen LogP contribution in [0.1, 0.15) is 19.5 Å². The molecule has 1 aromatic rings. The average molecular weight is 265 g/mol. The van der Waals surface area contributed by atoms with Crippen molar-refractivity contribution in [2.75, 3.05) is 0 Å². The SMILES string of the molecule is CC(C)(F)c1cccc(I)n1. The largest absolute Gasteiger partial charge is 0.244 e. The summed E-state index contributed by atoms with van der Waals surface area (Å²) in [5.74, 6) is 0. The van der Waals surface area contributed by atoms with Crippen LogP contribution in [0.5, 0.6) is 0 Å². The number of hydrogen-bond acceptors (Lipinski definition) is 1. The van der Waals surface area contributed by atoms with Gasteiger partial charge in [-0.05, 0) is 48.6 Å². The maximum absolute atomic E-state index is 13.2. The summed E-state index contributed by atoms with van der Waals surface area (Å²) in [4.78, 5) is 4.06. The molecule has 60 valence electrons. The fraction of sp³-hybridized carbons (Fsp3) is 0.375. The summed E-state index contributed by atoms with van der Waals surface area (Å²) in [6.07, 6.45) is 0. The summed E-state index contributed by atoms with van der Waals surface area (Å²) in [5, 5.41) is 0. The molecule has 0 fully saturated rings. The van der Waals surface area contributed by atoms with Crippen molar-refractivity contribution in [3.63, 3.8) is 0 Å². The first-order valence-electron chi connectivity index (χ1n) is 3.32. The Hall–Kier alpha value is -0.190. The van der Waals surface area contributed by atoms with E-state index in [0.29, 0.717) is 5.69 Å². The highest BCUT2D eigenvalue weighted by atomic mass is 127. The Morgan fingerprint density at radius 2 is 2.09 bits per heavy atom. The molecular weight excluding hydrogens is 256 g/mol. The van der Waals surface area contributed by atoms with Crippen molar-refractivity contribution in [2.24, 2.45) is 0 Å². The molecule has 1 aromatic heterocycles. The van der Waals surface area contributed by atoms with Gasteiger partial charge in [0.2, 0.25) is 0 Å².